The maximum atomic E-state index is 15.4. The summed E-state index contributed by atoms with van der Waals surface area (Å²) >= 11 is 0. The number of aromatic nitrogens is 3. The summed E-state index contributed by atoms with van der Waals surface area (Å²) in [5.41, 5.74) is 8.60. The number of amides is 2. The van der Waals surface area contributed by atoms with Gasteiger partial charge < -0.3 is 20.3 Å². The Labute approximate surface area is 335 Å². The topological polar surface area (TPSA) is 108 Å². The Bertz CT molecular complexity index is 2220. The molecule has 2 aliphatic heterocycles. The van der Waals surface area contributed by atoms with Crippen LogP contribution in [0.3, 0.4) is 0 Å². The SMILES string of the molecule is CCc1nc2c(cnn2CC)c(NC2CCOCC2)c1CN1CCN(Cc2cccc(-c3cc(CN(C)C(=O)c4cccc(C(=O)NC)c4)ccc3F)c2)C[C@@H]1C. The molecule has 5 aromatic rings. The fourth-order valence-electron chi connectivity index (χ4n) is 8.22. The molecule has 2 aromatic heterocycles. The lowest BCUT2D eigenvalue weighted by atomic mass is 9.99. The lowest BCUT2D eigenvalue weighted by Crippen LogP contribution is -2.51. The molecule has 300 valence electrons. The lowest BCUT2D eigenvalue weighted by molar-refractivity contribution is 0.0731. The number of ether oxygens (including phenoxy) is 1. The Balaban J connectivity index is 1.03. The molecule has 0 spiro atoms. The van der Waals surface area contributed by atoms with E-state index in [9.17, 15) is 9.59 Å². The summed E-state index contributed by atoms with van der Waals surface area (Å²) in [6.45, 7) is 13.6. The number of aryl methyl sites for hydroxylation is 2. The van der Waals surface area contributed by atoms with Crippen molar-refractivity contribution in [3.8, 4) is 11.1 Å². The van der Waals surface area contributed by atoms with Crippen molar-refractivity contribution >= 4 is 28.5 Å². The highest BCUT2D eigenvalue weighted by molar-refractivity contribution is 5.99. The first-order valence-corrected chi connectivity index (χ1v) is 20.3. The fraction of sp³-hybridized carbons (Fsp3) is 0.422. The van der Waals surface area contributed by atoms with Gasteiger partial charge in [-0.15, -0.1) is 0 Å². The minimum atomic E-state index is -0.308. The first kappa shape index (κ1) is 40.0. The predicted molar refractivity (Wildman–Crippen MR) is 223 cm³/mol. The normalized spacial score (nSPS) is 16.8. The standard InChI is InChI=1S/C45H55FN8O3/c1-6-41-39(42(49-36-16-20-57-21-17-36)38-25-48-54(7-2)43(38)50-41)29-53-19-18-52(26-30(53)3)28-31-10-8-11-33(22-31)37-23-32(14-15-40(37)46)27-51(5)45(56)35-13-9-12-34(24-35)44(55)47-4/h8-15,22-25,30,36H,6-7,16-21,26-29H2,1-5H3,(H,47,55)(H,49,50)/t30-/m0/s1. The van der Waals surface area contributed by atoms with Gasteiger partial charge in [-0.2, -0.15) is 5.10 Å². The second kappa shape index (κ2) is 18.0. The van der Waals surface area contributed by atoms with E-state index in [4.69, 9.17) is 14.8 Å². The monoisotopic (exact) mass is 774 g/mol. The molecule has 0 radical (unpaired) electrons. The number of benzene rings is 3. The van der Waals surface area contributed by atoms with Crippen LogP contribution < -0.4 is 10.6 Å². The second-order valence-corrected chi connectivity index (χ2v) is 15.4. The number of nitrogens with one attached hydrogen (secondary N) is 2. The summed E-state index contributed by atoms with van der Waals surface area (Å²) < 4.78 is 23.1. The van der Waals surface area contributed by atoms with Gasteiger partial charge in [0.15, 0.2) is 5.65 Å². The van der Waals surface area contributed by atoms with Gasteiger partial charge in [0.05, 0.1) is 17.3 Å². The molecule has 2 N–H and O–H groups in total. The van der Waals surface area contributed by atoms with Crippen molar-refractivity contribution in [2.24, 2.45) is 0 Å². The van der Waals surface area contributed by atoms with Crippen LogP contribution >= 0.6 is 0 Å². The van der Waals surface area contributed by atoms with Crippen molar-refractivity contribution in [3.63, 3.8) is 0 Å². The highest BCUT2D eigenvalue weighted by Crippen LogP contribution is 2.33. The third-order valence-corrected chi connectivity index (χ3v) is 11.4. The van der Waals surface area contributed by atoms with Crippen LogP contribution in [-0.2, 0) is 37.3 Å². The lowest BCUT2D eigenvalue weighted by Gasteiger charge is -2.40. The number of hydrogen-bond donors (Lipinski definition) is 2. The van der Waals surface area contributed by atoms with Gasteiger partial charge in [0, 0.05) is 113 Å². The fourth-order valence-corrected chi connectivity index (χ4v) is 8.22. The number of carbonyl (C=O) groups is 2. The third-order valence-electron chi connectivity index (χ3n) is 11.4. The number of carbonyl (C=O) groups excluding carboxylic acids is 2. The molecule has 0 bridgehead atoms. The van der Waals surface area contributed by atoms with Crippen LogP contribution in [-0.4, -0.2) is 100 Å². The third kappa shape index (κ3) is 9.03. The van der Waals surface area contributed by atoms with Crippen molar-refractivity contribution in [2.45, 2.75) is 78.3 Å². The summed E-state index contributed by atoms with van der Waals surface area (Å²) in [7, 11) is 3.27. The van der Waals surface area contributed by atoms with Gasteiger partial charge >= 0.3 is 0 Å². The zero-order valence-corrected chi connectivity index (χ0v) is 33.9. The Morgan fingerprint density at radius 3 is 2.51 bits per heavy atom. The number of fused-ring (bicyclic) bond motifs is 1. The Hall–Kier alpha value is -5.17. The number of piperazine rings is 1. The van der Waals surface area contributed by atoms with Crippen molar-refractivity contribution in [1.82, 2.24) is 34.8 Å². The Morgan fingerprint density at radius 2 is 1.75 bits per heavy atom. The predicted octanol–water partition coefficient (Wildman–Crippen LogP) is 6.75. The molecular weight excluding hydrogens is 720 g/mol. The summed E-state index contributed by atoms with van der Waals surface area (Å²) in [5.74, 6) is -0.782. The number of halogens is 1. The average Bonchev–Trinajstić information content (AvgIpc) is 3.65. The molecule has 7 rings (SSSR count). The van der Waals surface area contributed by atoms with E-state index >= 15 is 4.39 Å². The van der Waals surface area contributed by atoms with E-state index in [0.717, 1.165) is 105 Å². The first-order valence-electron chi connectivity index (χ1n) is 20.3. The van der Waals surface area contributed by atoms with Crippen LogP contribution in [0.4, 0.5) is 10.1 Å². The van der Waals surface area contributed by atoms with Gasteiger partial charge in [-0.3, -0.25) is 19.4 Å². The average molecular weight is 775 g/mol. The second-order valence-electron chi connectivity index (χ2n) is 15.4. The Morgan fingerprint density at radius 1 is 0.965 bits per heavy atom. The zero-order valence-electron chi connectivity index (χ0n) is 33.9. The summed E-state index contributed by atoms with van der Waals surface area (Å²) in [6, 6.07) is 20.5. The van der Waals surface area contributed by atoms with E-state index in [1.165, 1.54) is 17.3 Å². The molecule has 4 heterocycles. The molecule has 0 saturated carbocycles. The van der Waals surface area contributed by atoms with Gasteiger partial charge in [-0.05, 0) is 86.2 Å². The summed E-state index contributed by atoms with van der Waals surface area (Å²) in [5, 5.41) is 12.3. The minimum absolute atomic E-state index is 0.220. The van der Waals surface area contributed by atoms with E-state index in [-0.39, 0.29) is 24.2 Å². The van der Waals surface area contributed by atoms with Crippen LogP contribution in [0.25, 0.3) is 22.2 Å². The van der Waals surface area contributed by atoms with E-state index in [0.29, 0.717) is 28.8 Å². The molecule has 12 heteroatoms. The summed E-state index contributed by atoms with van der Waals surface area (Å²) in [4.78, 5) is 37.2. The molecule has 2 fully saturated rings. The maximum Gasteiger partial charge on any atom is 0.253 e. The van der Waals surface area contributed by atoms with Crippen molar-refractivity contribution < 1.29 is 18.7 Å². The molecule has 3 aromatic carbocycles. The molecule has 0 unspecified atom stereocenters. The Kier molecular flexibility index (Phi) is 12.6. The quantitative estimate of drug-likeness (QED) is 0.135. The molecule has 2 saturated heterocycles. The largest absolute Gasteiger partial charge is 0.381 e. The molecule has 0 aliphatic carbocycles. The molecule has 57 heavy (non-hydrogen) atoms. The molecule has 11 nitrogen and oxygen atoms in total. The maximum absolute atomic E-state index is 15.4. The molecule has 2 aliphatic rings. The van der Waals surface area contributed by atoms with E-state index < -0.39 is 0 Å². The summed E-state index contributed by atoms with van der Waals surface area (Å²) in [6.07, 6.45) is 4.79. The van der Waals surface area contributed by atoms with Gasteiger partial charge in [-0.1, -0.05) is 37.3 Å². The van der Waals surface area contributed by atoms with E-state index in [1.807, 2.05) is 29.1 Å². The zero-order chi connectivity index (χ0) is 40.1. The van der Waals surface area contributed by atoms with Gasteiger partial charge in [0.1, 0.15) is 5.82 Å². The van der Waals surface area contributed by atoms with E-state index in [2.05, 4.69) is 53.3 Å². The van der Waals surface area contributed by atoms with Crippen LogP contribution in [0.15, 0.2) is 72.9 Å². The minimum Gasteiger partial charge on any atom is -0.381 e. The van der Waals surface area contributed by atoms with Crippen LogP contribution in [0.2, 0.25) is 0 Å². The number of rotatable bonds is 13. The van der Waals surface area contributed by atoms with Crippen LogP contribution in [0.1, 0.15) is 76.7 Å². The molecular formula is C45H55FN8O3. The van der Waals surface area contributed by atoms with Crippen LogP contribution in [0.5, 0.6) is 0 Å². The number of nitrogens with zero attached hydrogens (tertiary/aromatic N) is 6. The van der Waals surface area contributed by atoms with E-state index in [1.54, 1.807) is 49.3 Å². The van der Waals surface area contributed by atoms with Crippen molar-refractivity contribution in [3.05, 3.63) is 112 Å². The highest BCUT2D eigenvalue weighted by atomic mass is 19.1. The smallest absolute Gasteiger partial charge is 0.253 e. The van der Waals surface area contributed by atoms with Crippen molar-refractivity contribution in [2.75, 3.05) is 52.3 Å². The van der Waals surface area contributed by atoms with Crippen LogP contribution in [0, 0.1) is 5.82 Å². The number of hydrogen-bond acceptors (Lipinski definition) is 8. The molecule has 1 atom stereocenters. The number of pyridine rings is 1. The number of anilines is 1. The van der Waals surface area contributed by atoms with Gasteiger partial charge in [0.2, 0.25) is 0 Å². The highest BCUT2D eigenvalue weighted by Gasteiger charge is 2.28. The molecule has 2 amide bonds. The van der Waals surface area contributed by atoms with Crippen molar-refractivity contribution in [1.29, 1.82) is 0 Å². The first-order chi connectivity index (χ1) is 27.6. The van der Waals surface area contributed by atoms with Gasteiger partial charge in [-0.25, -0.2) is 14.1 Å². The van der Waals surface area contributed by atoms with Gasteiger partial charge in [0.25, 0.3) is 11.8 Å².